The fourth-order valence-electron chi connectivity index (χ4n) is 9.69. The van der Waals surface area contributed by atoms with Crippen LogP contribution in [0.3, 0.4) is 0 Å². The minimum Gasteiger partial charge on any atom is -0.481 e. The summed E-state index contributed by atoms with van der Waals surface area (Å²) in [6.45, 7) is 9.05. The predicted octanol–water partition coefficient (Wildman–Crippen LogP) is 24.6. The van der Waals surface area contributed by atoms with E-state index < -0.39 is 23.9 Å². The van der Waals surface area contributed by atoms with Crippen molar-refractivity contribution >= 4 is 23.9 Å². The van der Waals surface area contributed by atoms with Gasteiger partial charge in [-0.25, -0.2) is 0 Å². The van der Waals surface area contributed by atoms with Gasteiger partial charge in [0.25, 0.3) is 0 Å². The molecule has 0 rings (SSSR count). The van der Waals surface area contributed by atoms with Gasteiger partial charge in [0, 0.05) is 25.7 Å². The monoisotopic (exact) mass is 1450 g/mol. The first kappa shape index (κ1) is 104. The van der Waals surface area contributed by atoms with Crippen molar-refractivity contribution in [1.82, 2.24) is 0 Å². The number of unbranched alkanes of at least 4 members (excludes halogenated alkanes) is 47. The van der Waals surface area contributed by atoms with E-state index in [1.165, 1.54) is 295 Å². The fraction of sp³-hybridized carbons (Fsp3) is 0.861. The van der Waals surface area contributed by atoms with Crippen molar-refractivity contribution in [2.75, 3.05) is 0 Å². The summed E-state index contributed by atoms with van der Waals surface area (Å²) in [6, 6.07) is 0. The van der Waals surface area contributed by atoms with Crippen molar-refractivity contribution in [3.63, 3.8) is 0 Å². The van der Waals surface area contributed by atoms with Gasteiger partial charge < -0.3 is 20.4 Å². The van der Waals surface area contributed by atoms with Gasteiger partial charge in [0.15, 0.2) is 0 Å². The van der Waals surface area contributed by atoms with E-state index >= 15 is 0 Å². The van der Waals surface area contributed by atoms with Crippen LogP contribution in [0.4, 0.5) is 0 Å². The van der Waals surface area contributed by atoms with Crippen molar-refractivity contribution < 1.29 is 137 Å². The molecule has 0 aromatic heterocycles. The third-order valence-electron chi connectivity index (χ3n) is 15.0. The molecular weight excluding hydrogens is 1320 g/mol. The molecule has 0 radical (unpaired) electrons. The van der Waals surface area contributed by atoms with Crippen LogP contribution in [0.5, 0.6) is 0 Å². The standard InChI is InChI=1S/C18H36O2.3C18H34O2.5Zn/c4*1-2-3-4-5-6-7-8-9-10-11-12-13-14-15-16-17-18(19)20;;;;;/h2-17H2,1H3,(H,19,20);3*9-10H,2-8,11-17H2,1H3,(H,19,20);;;;;/q;;;;5*+2. The van der Waals surface area contributed by atoms with E-state index in [9.17, 15) is 19.2 Å². The maximum absolute atomic E-state index is 10.3. The molecule has 0 aliphatic rings. The minimum atomic E-state index is -0.664. The molecule has 0 heterocycles. The minimum absolute atomic E-state index is 0. The Morgan fingerprint density at radius 2 is 0.294 bits per heavy atom. The number of rotatable bonds is 61. The van der Waals surface area contributed by atoms with Crippen LogP contribution in [-0.2, 0) is 117 Å². The Labute approximate surface area is 592 Å². The Hall–Kier alpha value is 0.217. The fourth-order valence-corrected chi connectivity index (χ4v) is 9.69. The molecule has 0 aliphatic carbocycles. The largest absolute Gasteiger partial charge is 2.00 e. The zero-order valence-corrected chi connectivity index (χ0v) is 72.3. The van der Waals surface area contributed by atoms with Crippen LogP contribution in [0.25, 0.3) is 0 Å². The molecule has 0 atom stereocenters. The van der Waals surface area contributed by atoms with Crippen molar-refractivity contribution in [2.24, 2.45) is 0 Å². The number of hydrogen-bond acceptors (Lipinski definition) is 4. The maximum atomic E-state index is 10.3. The number of carbonyl (C=O) groups is 4. The average Bonchev–Trinajstić information content (AvgIpc) is 3.43. The third kappa shape index (κ3) is 122. The Morgan fingerprint density at radius 3 is 0.412 bits per heavy atom. The number of allylic oxidation sites excluding steroid dienone is 6. The second-order valence-corrected chi connectivity index (χ2v) is 23.3. The average molecular weight is 1460 g/mol. The summed E-state index contributed by atoms with van der Waals surface area (Å²) in [5, 5.41) is 34.0. The molecule has 0 aromatic carbocycles. The predicted molar refractivity (Wildman–Crippen MR) is 348 cm³/mol. The van der Waals surface area contributed by atoms with Gasteiger partial charge in [-0.15, -0.1) is 0 Å². The van der Waals surface area contributed by atoms with E-state index in [0.717, 1.165) is 51.4 Å². The molecule has 13 heteroatoms. The van der Waals surface area contributed by atoms with Crippen molar-refractivity contribution in [1.29, 1.82) is 0 Å². The Bertz CT molecular complexity index is 1200. The second-order valence-electron chi connectivity index (χ2n) is 23.3. The first-order chi connectivity index (χ1) is 39.1. The quantitative estimate of drug-likeness (QED) is 0.0267. The maximum Gasteiger partial charge on any atom is 2.00 e. The molecule has 0 fully saturated rings. The zero-order chi connectivity index (χ0) is 59.6. The number of hydrogen-bond donors (Lipinski definition) is 4. The molecule has 4 N–H and O–H groups in total. The van der Waals surface area contributed by atoms with Crippen LogP contribution in [0.15, 0.2) is 36.5 Å². The third-order valence-corrected chi connectivity index (χ3v) is 15.0. The van der Waals surface area contributed by atoms with Crippen LogP contribution < -0.4 is 0 Å². The molecule has 0 aromatic rings. The van der Waals surface area contributed by atoms with E-state index in [0.29, 0.717) is 25.7 Å². The number of carboxylic acids is 4. The number of aliphatic carboxylic acids is 4. The van der Waals surface area contributed by atoms with E-state index in [2.05, 4.69) is 64.2 Å². The Morgan fingerprint density at radius 1 is 0.188 bits per heavy atom. The molecular formula is C72H138O8Zn5+10. The van der Waals surface area contributed by atoms with E-state index in [1.807, 2.05) is 0 Å². The molecule has 0 aliphatic heterocycles. The van der Waals surface area contributed by atoms with E-state index in [-0.39, 0.29) is 97.4 Å². The summed E-state index contributed by atoms with van der Waals surface area (Å²) >= 11 is 0. The normalized spacial score (nSPS) is 10.5. The first-order valence-corrected chi connectivity index (χ1v) is 34.9. The molecule has 0 bridgehead atoms. The molecule has 0 amide bonds. The van der Waals surface area contributed by atoms with E-state index in [1.54, 1.807) is 0 Å². The smallest absolute Gasteiger partial charge is 0.481 e. The Kier molecular flexibility index (Phi) is 123. The molecule has 0 saturated heterocycles. The van der Waals surface area contributed by atoms with Crippen molar-refractivity contribution in [3.8, 4) is 0 Å². The van der Waals surface area contributed by atoms with Gasteiger partial charge >= 0.3 is 121 Å². The van der Waals surface area contributed by atoms with Crippen molar-refractivity contribution in [3.05, 3.63) is 36.5 Å². The summed E-state index contributed by atoms with van der Waals surface area (Å²) in [6.07, 6.45) is 83.9. The van der Waals surface area contributed by atoms with Gasteiger partial charge in [-0.05, 0) is 103 Å². The SMILES string of the molecule is CCCCCCCCC=CCCCCCCCC(=O)O.CCCCCCCCC=CCCCCCCCC(=O)O.CCCCCCCCC=CCCCCCCCC(=O)O.CCCCCCCCCCCCCCCCCC(=O)O.[Zn+2].[Zn+2].[Zn+2].[Zn+2].[Zn+2]. The van der Waals surface area contributed by atoms with Crippen LogP contribution in [-0.4, -0.2) is 44.3 Å². The summed E-state index contributed by atoms with van der Waals surface area (Å²) in [5.74, 6) is -2.65. The van der Waals surface area contributed by atoms with Crippen LogP contribution in [0.2, 0.25) is 0 Å². The van der Waals surface area contributed by atoms with Gasteiger partial charge in [-0.3, -0.25) is 19.2 Å². The molecule has 0 spiro atoms. The molecule has 85 heavy (non-hydrogen) atoms. The van der Waals surface area contributed by atoms with Crippen LogP contribution in [0.1, 0.15) is 400 Å². The van der Waals surface area contributed by atoms with Gasteiger partial charge in [0.05, 0.1) is 0 Å². The topological polar surface area (TPSA) is 149 Å². The van der Waals surface area contributed by atoms with Crippen LogP contribution >= 0.6 is 0 Å². The molecule has 474 valence electrons. The van der Waals surface area contributed by atoms with Gasteiger partial charge in [-0.1, -0.05) is 308 Å². The van der Waals surface area contributed by atoms with Crippen molar-refractivity contribution in [2.45, 2.75) is 400 Å². The zero-order valence-electron chi connectivity index (χ0n) is 57.4. The number of carboxylic acid groups (broad SMARTS) is 4. The van der Waals surface area contributed by atoms with Crippen LogP contribution in [0, 0.1) is 0 Å². The first-order valence-electron chi connectivity index (χ1n) is 34.9. The van der Waals surface area contributed by atoms with E-state index in [4.69, 9.17) is 20.4 Å². The second kappa shape index (κ2) is 100. The summed E-state index contributed by atoms with van der Waals surface area (Å²) in [7, 11) is 0. The summed E-state index contributed by atoms with van der Waals surface area (Å²) in [5.41, 5.74) is 0. The molecule has 8 nitrogen and oxygen atoms in total. The van der Waals surface area contributed by atoms with Gasteiger partial charge in [0.2, 0.25) is 0 Å². The molecule has 0 unspecified atom stereocenters. The summed E-state index contributed by atoms with van der Waals surface area (Å²) < 4.78 is 0. The van der Waals surface area contributed by atoms with Gasteiger partial charge in [-0.2, -0.15) is 0 Å². The Balaban J connectivity index is -0.000000127. The summed E-state index contributed by atoms with van der Waals surface area (Å²) in [4.78, 5) is 41.3. The van der Waals surface area contributed by atoms with Gasteiger partial charge in [0.1, 0.15) is 0 Å². The molecule has 0 saturated carbocycles.